The molecule has 3 N–H and O–H groups in total. The van der Waals surface area contributed by atoms with E-state index in [0.717, 1.165) is 5.56 Å². The third-order valence-electron chi connectivity index (χ3n) is 2.91. The molecule has 0 aliphatic rings. The Kier molecular flexibility index (Phi) is 3.91. The second kappa shape index (κ2) is 5.48. The fourth-order valence-corrected chi connectivity index (χ4v) is 3.11. The Morgan fingerprint density at radius 3 is 2.65 bits per heavy atom. The van der Waals surface area contributed by atoms with E-state index in [2.05, 4.69) is 10.4 Å². The van der Waals surface area contributed by atoms with Crippen molar-refractivity contribution >= 4 is 21.5 Å². The van der Waals surface area contributed by atoms with E-state index in [0.29, 0.717) is 5.69 Å². The average Bonchev–Trinajstić information content (AvgIpc) is 2.46. The van der Waals surface area contributed by atoms with Crippen LogP contribution in [0.15, 0.2) is 47.5 Å². The summed E-state index contributed by atoms with van der Waals surface area (Å²) in [5.41, 5.74) is 3.86. The lowest BCUT2D eigenvalue weighted by atomic mass is 10.2. The number of aromatic nitrogens is 1. The zero-order valence-electron chi connectivity index (χ0n) is 11.2. The van der Waals surface area contributed by atoms with Gasteiger partial charge in [-0.2, -0.15) is 0 Å². The van der Waals surface area contributed by atoms with Crippen molar-refractivity contribution in [3.63, 3.8) is 0 Å². The Morgan fingerprint density at radius 2 is 2.00 bits per heavy atom. The number of hydrazine groups is 1. The number of hydrogen-bond acceptors (Lipinski definition) is 5. The zero-order chi connectivity index (χ0) is 14.8. The molecule has 0 radical (unpaired) electrons. The lowest BCUT2D eigenvalue weighted by molar-refractivity contribution is 0.594. The first-order valence-electron chi connectivity index (χ1n) is 5.94. The van der Waals surface area contributed by atoms with Crippen LogP contribution in [0.5, 0.6) is 0 Å². The monoisotopic (exact) mass is 292 g/mol. The van der Waals surface area contributed by atoms with Gasteiger partial charge in [0.15, 0.2) is 5.82 Å². The maximum Gasteiger partial charge on any atom is 0.267 e. The number of nitrogens with two attached hydrogens (primary N) is 1. The maximum atomic E-state index is 12.6. The predicted molar refractivity (Wildman–Crippen MR) is 78.8 cm³/mol. The van der Waals surface area contributed by atoms with Crippen LogP contribution in [0.25, 0.3) is 0 Å². The van der Waals surface area contributed by atoms with E-state index < -0.39 is 10.0 Å². The maximum absolute atomic E-state index is 12.6. The molecule has 1 aromatic carbocycles. The van der Waals surface area contributed by atoms with Crippen LogP contribution in [0.2, 0.25) is 0 Å². The third kappa shape index (κ3) is 2.59. The van der Waals surface area contributed by atoms with Crippen molar-refractivity contribution < 1.29 is 8.42 Å². The van der Waals surface area contributed by atoms with Crippen molar-refractivity contribution in [1.29, 1.82) is 0 Å². The van der Waals surface area contributed by atoms with Gasteiger partial charge in [0.2, 0.25) is 0 Å². The molecule has 2 rings (SSSR count). The molecule has 0 unspecified atom stereocenters. The minimum Gasteiger partial charge on any atom is -0.307 e. The van der Waals surface area contributed by atoms with Crippen LogP contribution < -0.4 is 15.6 Å². The molecule has 0 aliphatic heterocycles. The minimum absolute atomic E-state index is 0.0338. The number of pyridine rings is 1. The number of rotatable bonds is 4. The van der Waals surface area contributed by atoms with Crippen molar-refractivity contribution in [2.75, 3.05) is 16.8 Å². The largest absolute Gasteiger partial charge is 0.307 e. The highest BCUT2D eigenvalue weighted by Gasteiger charge is 2.24. The molecule has 0 atom stereocenters. The molecule has 0 saturated carbocycles. The number of nitrogens with zero attached hydrogens (tertiary/aromatic N) is 2. The van der Waals surface area contributed by atoms with Gasteiger partial charge >= 0.3 is 0 Å². The van der Waals surface area contributed by atoms with E-state index in [1.165, 1.54) is 23.6 Å². The van der Waals surface area contributed by atoms with E-state index in [1.807, 2.05) is 19.1 Å². The number of aryl methyl sites for hydroxylation is 1. The second-order valence-corrected chi connectivity index (χ2v) is 6.24. The smallest absolute Gasteiger partial charge is 0.267 e. The molecule has 7 heteroatoms. The summed E-state index contributed by atoms with van der Waals surface area (Å²) in [6, 6.07) is 10.3. The SMILES string of the molecule is Cc1cccc(N(C)S(=O)(=O)c2cccnc2NN)c1. The fourth-order valence-electron chi connectivity index (χ4n) is 1.82. The van der Waals surface area contributed by atoms with Crippen molar-refractivity contribution in [3.8, 4) is 0 Å². The average molecular weight is 292 g/mol. The molecule has 0 spiro atoms. The Morgan fingerprint density at radius 1 is 1.25 bits per heavy atom. The minimum atomic E-state index is -3.72. The summed E-state index contributed by atoms with van der Waals surface area (Å²) >= 11 is 0. The van der Waals surface area contributed by atoms with E-state index >= 15 is 0 Å². The standard InChI is InChI=1S/C13H16N4O2S/c1-10-5-3-6-11(9-10)17(2)20(18,19)12-7-4-8-15-13(12)16-14/h3-9H,14H2,1-2H3,(H,15,16). The molecule has 0 aliphatic carbocycles. The van der Waals surface area contributed by atoms with Gasteiger partial charge in [0.05, 0.1) is 5.69 Å². The zero-order valence-corrected chi connectivity index (χ0v) is 12.1. The van der Waals surface area contributed by atoms with E-state index in [4.69, 9.17) is 5.84 Å². The van der Waals surface area contributed by atoms with Crippen LogP contribution in [0.3, 0.4) is 0 Å². The third-order valence-corrected chi connectivity index (χ3v) is 4.73. The summed E-state index contributed by atoms with van der Waals surface area (Å²) in [4.78, 5) is 3.95. The van der Waals surface area contributed by atoms with E-state index in [1.54, 1.807) is 18.2 Å². The first kappa shape index (κ1) is 14.3. The van der Waals surface area contributed by atoms with Gasteiger partial charge < -0.3 is 5.43 Å². The number of sulfonamides is 1. The highest BCUT2D eigenvalue weighted by atomic mass is 32.2. The molecule has 6 nitrogen and oxygen atoms in total. The molecular formula is C13H16N4O2S. The highest BCUT2D eigenvalue weighted by molar-refractivity contribution is 7.93. The highest BCUT2D eigenvalue weighted by Crippen LogP contribution is 2.25. The molecule has 0 saturated heterocycles. The first-order chi connectivity index (χ1) is 9.46. The van der Waals surface area contributed by atoms with Crippen LogP contribution >= 0.6 is 0 Å². The summed E-state index contributed by atoms with van der Waals surface area (Å²) in [5, 5.41) is 0. The lowest BCUT2D eigenvalue weighted by Gasteiger charge is -2.20. The molecule has 0 bridgehead atoms. The summed E-state index contributed by atoms with van der Waals surface area (Å²) in [6.07, 6.45) is 1.47. The molecule has 1 heterocycles. The summed E-state index contributed by atoms with van der Waals surface area (Å²) in [7, 11) is -2.23. The normalized spacial score (nSPS) is 11.2. The molecule has 20 heavy (non-hydrogen) atoms. The Hall–Kier alpha value is -2.12. The number of nitrogens with one attached hydrogen (secondary N) is 1. The summed E-state index contributed by atoms with van der Waals surface area (Å²) < 4.78 is 26.4. The van der Waals surface area contributed by atoms with Crippen molar-refractivity contribution in [1.82, 2.24) is 4.98 Å². The van der Waals surface area contributed by atoms with Crippen molar-refractivity contribution in [2.45, 2.75) is 11.8 Å². The second-order valence-electron chi connectivity index (χ2n) is 4.31. The molecule has 1 aromatic heterocycles. The van der Waals surface area contributed by atoms with Crippen molar-refractivity contribution in [2.24, 2.45) is 5.84 Å². The molecule has 2 aromatic rings. The van der Waals surface area contributed by atoms with Crippen LogP contribution in [0.1, 0.15) is 5.56 Å². The topological polar surface area (TPSA) is 88.3 Å². The summed E-state index contributed by atoms with van der Waals surface area (Å²) in [5.74, 6) is 5.43. The van der Waals surface area contributed by atoms with Gasteiger partial charge in [-0.15, -0.1) is 0 Å². The van der Waals surface area contributed by atoms with Gasteiger partial charge in [-0.05, 0) is 36.8 Å². The Bertz CT molecular complexity index is 716. The fraction of sp³-hybridized carbons (Fsp3) is 0.154. The van der Waals surface area contributed by atoms with Crippen LogP contribution in [0, 0.1) is 6.92 Å². The van der Waals surface area contributed by atoms with Gasteiger partial charge in [0.25, 0.3) is 10.0 Å². The van der Waals surface area contributed by atoms with Crippen LogP contribution in [-0.2, 0) is 10.0 Å². The summed E-state index contributed by atoms with van der Waals surface area (Å²) in [6.45, 7) is 1.90. The number of nitrogen functional groups attached to an aromatic ring is 1. The molecule has 106 valence electrons. The Labute approximate surface area is 118 Å². The van der Waals surface area contributed by atoms with E-state index in [-0.39, 0.29) is 10.7 Å². The predicted octanol–water partition coefficient (Wildman–Crippen LogP) is 1.50. The molecular weight excluding hydrogens is 276 g/mol. The van der Waals surface area contributed by atoms with E-state index in [9.17, 15) is 8.42 Å². The van der Waals surface area contributed by atoms with Gasteiger partial charge in [-0.25, -0.2) is 19.2 Å². The number of hydrogen-bond donors (Lipinski definition) is 2. The number of benzene rings is 1. The van der Waals surface area contributed by atoms with Crippen LogP contribution in [0.4, 0.5) is 11.5 Å². The van der Waals surface area contributed by atoms with Crippen LogP contribution in [-0.4, -0.2) is 20.4 Å². The van der Waals surface area contributed by atoms with Crippen molar-refractivity contribution in [3.05, 3.63) is 48.2 Å². The van der Waals surface area contributed by atoms with Gasteiger partial charge in [0.1, 0.15) is 4.90 Å². The first-order valence-corrected chi connectivity index (χ1v) is 7.38. The lowest BCUT2D eigenvalue weighted by Crippen LogP contribution is -2.28. The molecule has 0 amide bonds. The van der Waals surface area contributed by atoms with Gasteiger partial charge in [0, 0.05) is 13.2 Å². The molecule has 0 fully saturated rings. The Balaban J connectivity index is 2.50. The van der Waals surface area contributed by atoms with Gasteiger partial charge in [-0.1, -0.05) is 12.1 Å². The van der Waals surface area contributed by atoms with Gasteiger partial charge in [-0.3, -0.25) is 4.31 Å². The quantitative estimate of drug-likeness (QED) is 0.658. The number of anilines is 2.